The summed E-state index contributed by atoms with van der Waals surface area (Å²) in [5.74, 6) is -0.0520. The van der Waals surface area contributed by atoms with Crippen molar-refractivity contribution in [3.63, 3.8) is 0 Å². The predicted octanol–water partition coefficient (Wildman–Crippen LogP) is 2.98. The number of imidazole rings is 1. The van der Waals surface area contributed by atoms with Crippen LogP contribution in [0.15, 0.2) is 30.7 Å². The Kier molecular flexibility index (Phi) is 4.31. The fourth-order valence-electron chi connectivity index (χ4n) is 1.98. The molecular weight excluding hydrogens is 266 g/mol. The average molecular weight is 287 g/mol. The van der Waals surface area contributed by atoms with Gasteiger partial charge in [-0.15, -0.1) is 0 Å². The molecule has 0 radical (unpaired) electrons. The number of aryl methyl sites for hydroxylation is 1. The highest BCUT2D eigenvalue weighted by Gasteiger charge is 2.16. The molecule has 0 aliphatic carbocycles. The van der Waals surface area contributed by atoms with Gasteiger partial charge in [0.15, 0.2) is 0 Å². The van der Waals surface area contributed by atoms with Crippen LogP contribution < -0.4 is 5.32 Å². The standard InChI is InChI=1S/C16H21N3O2/c1-16(2,3)11-4-6-14(20)13(8-11)19-15(21)7-5-12-9-17-10-18-12/h4,6,8-10,20H,5,7H2,1-3H3,(H,17,18)(H,19,21). The Bertz CT molecular complexity index is 613. The quantitative estimate of drug-likeness (QED) is 0.756. The van der Waals surface area contributed by atoms with Crippen molar-refractivity contribution < 1.29 is 9.90 Å². The molecule has 0 saturated heterocycles. The number of aromatic hydroxyl groups is 1. The van der Waals surface area contributed by atoms with Gasteiger partial charge in [0.25, 0.3) is 0 Å². The van der Waals surface area contributed by atoms with Crippen LogP contribution in [-0.2, 0) is 16.6 Å². The molecule has 1 aromatic carbocycles. The minimum absolute atomic E-state index is 0.0386. The minimum Gasteiger partial charge on any atom is -0.506 e. The van der Waals surface area contributed by atoms with Gasteiger partial charge in [-0.2, -0.15) is 0 Å². The van der Waals surface area contributed by atoms with E-state index in [2.05, 4.69) is 36.1 Å². The van der Waals surface area contributed by atoms with Gasteiger partial charge in [-0.3, -0.25) is 4.79 Å². The summed E-state index contributed by atoms with van der Waals surface area (Å²) < 4.78 is 0. The van der Waals surface area contributed by atoms with E-state index in [1.54, 1.807) is 18.6 Å². The molecule has 1 aromatic heterocycles. The smallest absolute Gasteiger partial charge is 0.224 e. The third kappa shape index (κ3) is 4.08. The third-order valence-corrected chi connectivity index (χ3v) is 3.31. The highest BCUT2D eigenvalue weighted by atomic mass is 16.3. The van der Waals surface area contributed by atoms with E-state index in [1.807, 2.05) is 12.1 Å². The van der Waals surface area contributed by atoms with Crippen LogP contribution in [0, 0.1) is 0 Å². The first kappa shape index (κ1) is 15.1. The van der Waals surface area contributed by atoms with Gasteiger partial charge in [-0.25, -0.2) is 4.98 Å². The number of aromatic amines is 1. The monoisotopic (exact) mass is 287 g/mol. The Labute approximate surface area is 124 Å². The van der Waals surface area contributed by atoms with Crippen molar-refractivity contribution in [1.82, 2.24) is 9.97 Å². The van der Waals surface area contributed by atoms with Crippen molar-refractivity contribution in [1.29, 1.82) is 0 Å². The highest BCUT2D eigenvalue weighted by Crippen LogP contribution is 2.30. The number of aromatic nitrogens is 2. The molecule has 0 unspecified atom stereocenters. The average Bonchev–Trinajstić information content (AvgIpc) is 2.91. The van der Waals surface area contributed by atoms with Crippen molar-refractivity contribution in [2.75, 3.05) is 5.32 Å². The molecule has 0 saturated carbocycles. The molecule has 2 aromatic rings. The van der Waals surface area contributed by atoms with E-state index in [0.717, 1.165) is 11.3 Å². The van der Waals surface area contributed by atoms with Crippen LogP contribution in [-0.4, -0.2) is 21.0 Å². The van der Waals surface area contributed by atoms with Crippen LogP contribution in [0.2, 0.25) is 0 Å². The number of phenolic OH excluding ortho intramolecular Hbond substituents is 1. The second-order valence-corrected chi connectivity index (χ2v) is 6.11. The Morgan fingerprint density at radius 3 is 2.76 bits per heavy atom. The van der Waals surface area contributed by atoms with Gasteiger partial charge in [0.05, 0.1) is 12.0 Å². The van der Waals surface area contributed by atoms with Crippen LogP contribution >= 0.6 is 0 Å². The zero-order chi connectivity index (χ0) is 15.5. The molecule has 3 N–H and O–H groups in total. The van der Waals surface area contributed by atoms with Gasteiger partial charge in [-0.1, -0.05) is 26.8 Å². The Morgan fingerprint density at radius 2 is 2.14 bits per heavy atom. The lowest BCUT2D eigenvalue weighted by atomic mass is 9.87. The number of amides is 1. The second-order valence-electron chi connectivity index (χ2n) is 6.11. The molecule has 2 rings (SSSR count). The topological polar surface area (TPSA) is 78.0 Å². The summed E-state index contributed by atoms with van der Waals surface area (Å²) in [5, 5.41) is 12.6. The fourth-order valence-corrected chi connectivity index (χ4v) is 1.98. The van der Waals surface area contributed by atoms with E-state index in [-0.39, 0.29) is 17.1 Å². The molecule has 5 nitrogen and oxygen atoms in total. The lowest BCUT2D eigenvalue weighted by molar-refractivity contribution is -0.116. The van der Waals surface area contributed by atoms with Crippen molar-refractivity contribution in [3.05, 3.63) is 42.0 Å². The molecule has 1 heterocycles. The van der Waals surface area contributed by atoms with Crippen molar-refractivity contribution >= 4 is 11.6 Å². The minimum atomic E-state index is -0.133. The Hall–Kier alpha value is -2.30. The summed E-state index contributed by atoms with van der Waals surface area (Å²) in [5.41, 5.74) is 2.39. The van der Waals surface area contributed by atoms with E-state index in [4.69, 9.17) is 0 Å². The first-order chi connectivity index (χ1) is 9.86. The van der Waals surface area contributed by atoms with Crippen LogP contribution in [0.3, 0.4) is 0 Å². The van der Waals surface area contributed by atoms with E-state index in [1.165, 1.54) is 0 Å². The number of anilines is 1. The van der Waals surface area contributed by atoms with Gasteiger partial charge in [0, 0.05) is 18.3 Å². The molecule has 0 spiro atoms. The fraction of sp³-hybridized carbons (Fsp3) is 0.375. The van der Waals surface area contributed by atoms with Crippen LogP contribution in [0.25, 0.3) is 0 Å². The molecule has 0 bridgehead atoms. The third-order valence-electron chi connectivity index (χ3n) is 3.31. The number of phenols is 1. The summed E-state index contributed by atoms with van der Waals surface area (Å²) >= 11 is 0. The van der Waals surface area contributed by atoms with Crippen molar-refractivity contribution in [2.24, 2.45) is 0 Å². The lowest BCUT2D eigenvalue weighted by Crippen LogP contribution is -2.15. The molecular formula is C16H21N3O2. The molecule has 0 atom stereocenters. The zero-order valence-corrected chi connectivity index (χ0v) is 12.6. The van der Waals surface area contributed by atoms with Crippen LogP contribution in [0.5, 0.6) is 5.75 Å². The molecule has 21 heavy (non-hydrogen) atoms. The Balaban J connectivity index is 2.03. The first-order valence-corrected chi connectivity index (χ1v) is 6.97. The van der Waals surface area contributed by atoms with Crippen molar-refractivity contribution in [2.45, 2.75) is 39.0 Å². The number of hydrogen-bond acceptors (Lipinski definition) is 3. The summed E-state index contributed by atoms with van der Waals surface area (Å²) in [6, 6.07) is 5.31. The normalized spacial score (nSPS) is 11.4. The first-order valence-electron chi connectivity index (χ1n) is 6.97. The molecule has 0 aliphatic heterocycles. The number of nitrogens with one attached hydrogen (secondary N) is 2. The predicted molar refractivity (Wildman–Crippen MR) is 82.3 cm³/mol. The molecule has 0 aliphatic rings. The summed E-state index contributed by atoms with van der Waals surface area (Å²) in [6.07, 6.45) is 4.21. The SMILES string of the molecule is CC(C)(C)c1ccc(O)c(NC(=O)CCc2cnc[nH]2)c1. The largest absolute Gasteiger partial charge is 0.506 e. The summed E-state index contributed by atoms with van der Waals surface area (Å²) in [6.45, 7) is 6.26. The van der Waals surface area contributed by atoms with Gasteiger partial charge < -0.3 is 15.4 Å². The molecule has 1 amide bonds. The molecule has 0 fully saturated rings. The number of carbonyl (C=O) groups excluding carboxylic acids is 1. The maximum absolute atomic E-state index is 12.0. The highest BCUT2D eigenvalue weighted by molar-refractivity contribution is 5.92. The summed E-state index contributed by atoms with van der Waals surface area (Å²) in [7, 11) is 0. The van der Waals surface area contributed by atoms with Gasteiger partial charge in [-0.05, 0) is 29.5 Å². The zero-order valence-electron chi connectivity index (χ0n) is 12.6. The van der Waals surface area contributed by atoms with Gasteiger partial charge in [0.2, 0.25) is 5.91 Å². The van der Waals surface area contributed by atoms with E-state index in [9.17, 15) is 9.90 Å². The van der Waals surface area contributed by atoms with Gasteiger partial charge in [0.1, 0.15) is 5.75 Å². The number of H-pyrrole nitrogens is 1. The van der Waals surface area contributed by atoms with Gasteiger partial charge >= 0.3 is 0 Å². The molecule has 5 heteroatoms. The number of nitrogens with zero attached hydrogens (tertiary/aromatic N) is 1. The number of carbonyl (C=O) groups is 1. The van der Waals surface area contributed by atoms with E-state index >= 15 is 0 Å². The van der Waals surface area contributed by atoms with Crippen LogP contribution in [0.4, 0.5) is 5.69 Å². The Morgan fingerprint density at radius 1 is 1.38 bits per heavy atom. The van der Waals surface area contributed by atoms with Crippen molar-refractivity contribution in [3.8, 4) is 5.75 Å². The van der Waals surface area contributed by atoms with E-state index < -0.39 is 0 Å². The van der Waals surface area contributed by atoms with E-state index in [0.29, 0.717) is 18.5 Å². The molecule has 112 valence electrons. The summed E-state index contributed by atoms with van der Waals surface area (Å²) in [4.78, 5) is 18.8. The number of benzene rings is 1. The lowest BCUT2D eigenvalue weighted by Gasteiger charge is -2.20. The second kappa shape index (κ2) is 5.99. The number of rotatable bonds is 4. The number of hydrogen-bond donors (Lipinski definition) is 3. The maximum Gasteiger partial charge on any atom is 0.224 e. The maximum atomic E-state index is 12.0. The van der Waals surface area contributed by atoms with Crippen LogP contribution in [0.1, 0.15) is 38.4 Å².